The summed E-state index contributed by atoms with van der Waals surface area (Å²) >= 11 is 0. The van der Waals surface area contributed by atoms with Gasteiger partial charge < -0.3 is 5.32 Å². The highest BCUT2D eigenvalue weighted by Crippen LogP contribution is 2.31. The first-order chi connectivity index (χ1) is 11.8. The molecule has 3 nitrogen and oxygen atoms in total. The van der Waals surface area contributed by atoms with E-state index < -0.39 is 17.8 Å². The van der Waals surface area contributed by atoms with Crippen LogP contribution in [0.1, 0.15) is 36.1 Å². The third-order valence-corrected chi connectivity index (χ3v) is 4.46. The largest absolute Gasteiger partial charge is 0.416 e. The quantitative estimate of drug-likeness (QED) is 0.864. The number of amides is 1. The van der Waals surface area contributed by atoms with Crippen molar-refractivity contribution in [3.63, 3.8) is 0 Å². The summed E-state index contributed by atoms with van der Waals surface area (Å²) in [5.41, 5.74) is 2.10. The molecule has 2 aromatic rings. The van der Waals surface area contributed by atoms with Crippen molar-refractivity contribution < 1.29 is 18.0 Å². The number of carbonyl (C=O) groups excluding carboxylic acids is 1. The second-order valence-electron chi connectivity index (χ2n) is 6.24. The van der Waals surface area contributed by atoms with Crippen LogP contribution in [0.4, 0.5) is 18.9 Å². The van der Waals surface area contributed by atoms with Gasteiger partial charge in [-0.25, -0.2) is 0 Å². The molecule has 0 radical (unpaired) electrons. The number of nitrogens with one attached hydrogen (secondary N) is 2. The lowest BCUT2D eigenvalue weighted by atomic mass is 10.1. The molecule has 0 saturated carbocycles. The summed E-state index contributed by atoms with van der Waals surface area (Å²) in [7, 11) is 0. The van der Waals surface area contributed by atoms with Gasteiger partial charge >= 0.3 is 6.18 Å². The molecular weight excluding hydrogens is 329 g/mol. The van der Waals surface area contributed by atoms with E-state index in [2.05, 4.69) is 22.8 Å². The number of carbonyl (C=O) groups is 1. The van der Waals surface area contributed by atoms with Crippen molar-refractivity contribution in [2.45, 2.75) is 38.0 Å². The summed E-state index contributed by atoms with van der Waals surface area (Å²) in [6.07, 6.45) is -2.48. The molecule has 0 aliphatic heterocycles. The molecule has 0 fully saturated rings. The van der Waals surface area contributed by atoms with E-state index in [-0.39, 0.29) is 11.9 Å². The molecule has 1 aliphatic carbocycles. The number of fused-ring (bicyclic) bond motifs is 1. The van der Waals surface area contributed by atoms with Crippen LogP contribution >= 0.6 is 0 Å². The van der Waals surface area contributed by atoms with Crippen LogP contribution in [0.15, 0.2) is 48.5 Å². The maximum atomic E-state index is 12.6. The average Bonchev–Trinajstić information content (AvgIpc) is 2.97. The lowest BCUT2D eigenvalue weighted by molar-refractivity contribution is -0.137. The van der Waals surface area contributed by atoms with Gasteiger partial charge in [0, 0.05) is 11.7 Å². The Balaban J connectivity index is 1.60. The van der Waals surface area contributed by atoms with Gasteiger partial charge in [0.2, 0.25) is 5.91 Å². The van der Waals surface area contributed by atoms with Crippen LogP contribution in [0, 0.1) is 0 Å². The van der Waals surface area contributed by atoms with Crippen LogP contribution in [0.3, 0.4) is 0 Å². The lowest BCUT2D eigenvalue weighted by Crippen LogP contribution is -2.39. The molecule has 0 spiro atoms. The van der Waals surface area contributed by atoms with E-state index in [0.717, 1.165) is 25.0 Å². The van der Waals surface area contributed by atoms with Gasteiger partial charge in [-0.2, -0.15) is 13.2 Å². The smallest absolute Gasteiger partial charge is 0.325 e. The number of alkyl halides is 3. The minimum atomic E-state index is -4.38. The van der Waals surface area contributed by atoms with E-state index in [0.29, 0.717) is 5.69 Å². The van der Waals surface area contributed by atoms with Crippen molar-refractivity contribution in [3.8, 4) is 0 Å². The SMILES string of the molecule is C[C@H](N[C@@H]1CCc2ccccc21)C(=O)Nc1ccc(C(F)(F)F)cc1. The third kappa shape index (κ3) is 4.02. The standard InChI is InChI=1S/C19H19F3N2O/c1-12(23-17-11-6-13-4-2-3-5-16(13)17)18(25)24-15-9-7-14(8-10-15)19(20,21)22/h2-5,7-10,12,17,23H,6,11H2,1H3,(H,24,25)/t12-,17+/m0/s1. The van der Waals surface area contributed by atoms with Crippen molar-refractivity contribution in [3.05, 3.63) is 65.2 Å². The Morgan fingerprint density at radius 2 is 1.80 bits per heavy atom. The van der Waals surface area contributed by atoms with Crippen molar-refractivity contribution in [2.24, 2.45) is 0 Å². The summed E-state index contributed by atoms with van der Waals surface area (Å²) in [4.78, 5) is 12.3. The summed E-state index contributed by atoms with van der Waals surface area (Å²) in [6.45, 7) is 1.75. The van der Waals surface area contributed by atoms with Gasteiger partial charge in [0.25, 0.3) is 0 Å². The van der Waals surface area contributed by atoms with Gasteiger partial charge in [0.15, 0.2) is 0 Å². The fourth-order valence-corrected chi connectivity index (χ4v) is 3.10. The molecule has 2 N–H and O–H groups in total. The van der Waals surface area contributed by atoms with Crippen LogP contribution in [-0.4, -0.2) is 11.9 Å². The van der Waals surface area contributed by atoms with E-state index in [1.807, 2.05) is 12.1 Å². The predicted octanol–water partition coefficient (Wildman–Crippen LogP) is 4.31. The Morgan fingerprint density at radius 3 is 2.48 bits per heavy atom. The molecule has 2 atom stereocenters. The molecule has 0 aromatic heterocycles. The normalized spacial score (nSPS) is 17.8. The van der Waals surface area contributed by atoms with Crippen LogP contribution in [0.25, 0.3) is 0 Å². The van der Waals surface area contributed by atoms with E-state index in [1.54, 1.807) is 6.92 Å². The van der Waals surface area contributed by atoms with Crippen LogP contribution in [0.5, 0.6) is 0 Å². The lowest BCUT2D eigenvalue weighted by Gasteiger charge is -2.20. The first-order valence-corrected chi connectivity index (χ1v) is 8.16. The highest BCUT2D eigenvalue weighted by molar-refractivity contribution is 5.94. The molecular formula is C19H19F3N2O. The molecule has 0 heterocycles. The maximum absolute atomic E-state index is 12.6. The second kappa shape index (κ2) is 6.88. The van der Waals surface area contributed by atoms with Gasteiger partial charge in [-0.1, -0.05) is 24.3 Å². The van der Waals surface area contributed by atoms with Crippen LogP contribution in [0.2, 0.25) is 0 Å². The molecule has 25 heavy (non-hydrogen) atoms. The zero-order valence-corrected chi connectivity index (χ0v) is 13.7. The van der Waals surface area contributed by atoms with Crippen molar-refractivity contribution in [1.29, 1.82) is 0 Å². The monoisotopic (exact) mass is 348 g/mol. The minimum Gasteiger partial charge on any atom is -0.325 e. The molecule has 1 amide bonds. The topological polar surface area (TPSA) is 41.1 Å². The van der Waals surface area contributed by atoms with Crippen LogP contribution < -0.4 is 10.6 Å². The molecule has 1 aliphatic rings. The van der Waals surface area contributed by atoms with Crippen molar-refractivity contribution >= 4 is 11.6 Å². The highest BCUT2D eigenvalue weighted by atomic mass is 19.4. The Kier molecular flexibility index (Phi) is 4.81. The molecule has 6 heteroatoms. The molecule has 0 unspecified atom stereocenters. The number of hydrogen-bond donors (Lipinski definition) is 2. The summed E-state index contributed by atoms with van der Waals surface area (Å²) in [5.74, 6) is -0.274. The predicted molar refractivity (Wildman–Crippen MR) is 90.2 cm³/mol. The fraction of sp³-hybridized carbons (Fsp3) is 0.316. The Labute approximate surface area is 144 Å². The highest BCUT2D eigenvalue weighted by Gasteiger charge is 2.30. The van der Waals surface area contributed by atoms with E-state index in [9.17, 15) is 18.0 Å². The number of anilines is 1. The Hall–Kier alpha value is -2.34. The van der Waals surface area contributed by atoms with E-state index in [1.165, 1.54) is 23.3 Å². The van der Waals surface area contributed by atoms with Crippen LogP contribution in [-0.2, 0) is 17.4 Å². The Morgan fingerprint density at radius 1 is 1.12 bits per heavy atom. The van der Waals surface area contributed by atoms with Gasteiger partial charge in [0.1, 0.15) is 0 Å². The second-order valence-corrected chi connectivity index (χ2v) is 6.24. The molecule has 0 bridgehead atoms. The summed E-state index contributed by atoms with van der Waals surface area (Å²) < 4.78 is 37.7. The number of benzene rings is 2. The number of halogens is 3. The number of hydrogen-bond acceptors (Lipinski definition) is 2. The average molecular weight is 348 g/mol. The molecule has 132 valence electrons. The van der Waals surface area contributed by atoms with Crippen molar-refractivity contribution in [2.75, 3.05) is 5.32 Å². The summed E-state index contributed by atoms with van der Waals surface area (Å²) in [5, 5.41) is 5.95. The summed E-state index contributed by atoms with van der Waals surface area (Å²) in [6, 6.07) is 12.2. The molecule has 2 aromatic carbocycles. The van der Waals surface area contributed by atoms with Gasteiger partial charge in [-0.05, 0) is 55.2 Å². The first-order valence-electron chi connectivity index (χ1n) is 8.16. The van der Waals surface area contributed by atoms with E-state index in [4.69, 9.17) is 0 Å². The third-order valence-electron chi connectivity index (χ3n) is 4.46. The van der Waals surface area contributed by atoms with Gasteiger partial charge in [-0.15, -0.1) is 0 Å². The molecule has 0 saturated heterocycles. The van der Waals surface area contributed by atoms with E-state index >= 15 is 0 Å². The number of aryl methyl sites for hydroxylation is 1. The maximum Gasteiger partial charge on any atom is 0.416 e. The molecule has 3 rings (SSSR count). The number of rotatable bonds is 4. The fourth-order valence-electron chi connectivity index (χ4n) is 3.10. The van der Waals surface area contributed by atoms with Crippen molar-refractivity contribution in [1.82, 2.24) is 5.32 Å². The zero-order valence-electron chi connectivity index (χ0n) is 13.7. The van der Waals surface area contributed by atoms with Gasteiger partial charge in [-0.3, -0.25) is 10.1 Å². The Bertz CT molecular complexity index is 756. The first kappa shape index (κ1) is 17.5. The van der Waals surface area contributed by atoms with Gasteiger partial charge in [0.05, 0.1) is 11.6 Å². The zero-order chi connectivity index (χ0) is 18.0. The minimum absolute atomic E-state index is 0.115.